The molecule has 88 valence electrons. The maximum atomic E-state index is 11.3. The van der Waals surface area contributed by atoms with Crippen molar-refractivity contribution in [3.8, 4) is 0 Å². The standard InChI is InChI=1S/C9H13N3O4/c1-2-16-9(13)7(10)8(12(14)15)6-4-3-5-11-6/h2-5,10H2,1H3/b8-7+. The van der Waals surface area contributed by atoms with E-state index < -0.39 is 22.3 Å². The van der Waals surface area contributed by atoms with Crippen molar-refractivity contribution in [2.24, 2.45) is 10.7 Å². The summed E-state index contributed by atoms with van der Waals surface area (Å²) >= 11 is 0. The van der Waals surface area contributed by atoms with Gasteiger partial charge in [-0.25, -0.2) is 4.79 Å². The second kappa shape index (κ2) is 5.24. The summed E-state index contributed by atoms with van der Waals surface area (Å²) in [6, 6.07) is 0. The lowest BCUT2D eigenvalue weighted by atomic mass is 10.1. The third-order valence-electron chi connectivity index (χ3n) is 2.08. The first-order valence-electron chi connectivity index (χ1n) is 4.92. The Morgan fingerprint density at radius 2 is 2.38 bits per heavy atom. The van der Waals surface area contributed by atoms with Gasteiger partial charge < -0.3 is 10.5 Å². The van der Waals surface area contributed by atoms with Gasteiger partial charge in [0.25, 0.3) is 0 Å². The lowest BCUT2D eigenvalue weighted by Crippen LogP contribution is -2.24. The Kier molecular flexibility index (Phi) is 3.98. The first-order chi connectivity index (χ1) is 7.57. The molecule has 0 saturated carbocycles. The number of carbonyl (C=O) groups is 1. The van der Waals surface area contributed by atoms with Crippen molar-refractivity contribution < 1.29 is 14.5 Å². The molecule has 0 aromatic heterocycles. The molecule has 1 heterocycles. The number of esters is 1. The van der Waals surface area contributed by atoms with Crippen LogP contribution in [-0.4, -0.2) is 29.8 Å². The highest BCUT2D eigenvalue weighted by Gasteiger charge is 2.29. The highest BCUT2D eigenvalue weighted by atomic mass is 16.6. The Morgan fingerprint density at radius 3 is 2.81 bits per heavy atom. The van der Waals surface area contributed by atoms with Crippen LogP contribution in [0.5, 0.6) is 0 Å². The van der Waals surface area contributed by atoms with E-state index in [1.807, 2.05) is 0 Å². The van der Waals surface area contributed by atoms with Gasteiger partial charge in [-0.2, -0.15) is 0 Å². The summed E-state index contributed by atoms with van der Waals surface area (Å²) in [5.41, 5.74) is 4.78. The van der Waals surface area contributed by atoms with E-state index in [-0.39, 0.29) is 12.3 Å². The van der Waals surface area contributed by atoms with Gasteiger partial charge >= 0.3 is 11.7 Å². The first-order valence-corrected chi connectivity index (χ1v) is 4.92. The average Bonchev–Trinajstić information content (AvgIpc) is 2.71. The highest BCUT2D eigenvalue weighted by molar-refractivity contribution is 6.05. The van der Waals surface area contributed by atoms with Gasteiger partial charge in [-0.1, -0.05) is 0 Å². The van der Waals surface area contributed by atoms with Gasteiger partial charge in [-0.3, -0.25) is 15.1 Å². The normalized spacial score (nSPS) is 16.4. The van der Waals surface area contributed by atoms with Crippen LogP contribution in [0.3, 0.4) is 0 Å². The maximum Gasteiger partial charge on any atom is 0.361 e. The molecule has 7 nitrogen and oxygen atoms in total. The van der Waals surface area contributed by atoms with Crippen LogP contribution < -0.4 is 5.73 Å². The van der Waals surface area contributed by atoms with Gasteiger partial charge in [0.05, 0.1) is 11.5 Å². The maximum absolute atomic E-state index is 11.3. The fourth-order valence-electron chi connectivity index (χ4n) is 1.40. The fourth-order valence-corrected chi connectivity index (χ4v) is 1.40. The summed E-state index contributed by atoms with van der Waals surface area (Å²) in [5, 5.41) is 10.8. The third kappa shape index (κ3) is 2.56. The Hall–Kier alpha value is -1.92. The van der Waals surface area contributed by atoms with E-state index in [4.69, 9.17) is 5.73 Å². The number of rotatable bonds is 4. The van der Waals surface area contributed by atoms with Gasteiger partial charge in [0.15, 0.2) is 5.70 Å². The number of hydrogen-bond acceptors (Lipinski definition) is 6. The lowest BCUT2D eigenvalue weighted by molar-refractivity contribution is -0.416. The van der Waals surface area contributed by atoms with Crippen molar-refractivity contribution in [1.29, 1.82) is 0 Å². The summed E-state index contributed by atoms with van der Waals surface area (Å²) in [7, 11) is 0. The summed E-state index contributed by atoms with van der Waals surface area (Å²) in [6.07, 6.45) is 1.21. The number of aliphatic imine (C=N–C) groups is 1. The SMILES string of the molecule is CCOC(=O)/C(N)=C(/C1=NCCC1)[N+](=O)[O-]. The van der Waals surface area contributed by atoms with Crippen molar-refractivity contribution in [3.63, 3.8) is 0 Å². The molecular formula is C9H13N3O4. The highest BCUT2D eigenvalue weighted by Crippen LogP contribution is 2.15. The van der Waals surface area contributed by atoms with Gasteiger partial charge in [0.1, 0.15) is 5.71 Å². The van der Waals surface area contributed by atoms with Crippen LogP contribution >= 0.6 is 0 Å². The molecule has 0 amide bonds. The van der Waals surface area contributed by atoms with E-state index >= 15 is 0 Å². The summed E-state index contributed by atoms with van der Waals surface area (Å²) in [6.45, 7) is 2.25. The molecule has 16 heavy (non-hydrogen) atoms. The summed E-state index contributed by atoms with van der Waals surface area (Å²) < 4.78 is 4.61. The zero-order valence-corrected chi connectivity index (χ0v) is 8.93. The zero-order chi connectivity index (χ0) is 12.1. The van der Waals surface area contributed by atoms with Crippen molar-refractivity contribution in [2.75, 3.05) is 13.2 Å². The minimum absolute atomic E-state index is 0.122. The van der Waals surface area contributed by atoms with E-state index in [9.17, 15) is 14.9 Å². The average molecular weight is 227 g/mol. The van der Waals surface area contributed by atoms with Crippen LogP contribution in [0.4, 0.5) is 0 Å². The molecule has 0 unspecified atom stereocenters. The second-order valence-electron chi connectivity index (χ2n) is 3.17. The molecule has 0 radical (unpaired) electrons. The third-order valence-corrected chi connectivity index (χ3v) is 2.08. The number of carbonyl (C=O) groups excluding carboxylic acids is 1. The number of nitrogens with zero attached hydrogens (tertiary/aromatic N) is 2. The van der Waals surface area contributed by atoms with Crippen molar-refractivity contribution in [1.82, 2.24) is 0 Å². The predicted octanol–water partition coefficient (Wildman–Crippen LogP) is 0.231. The van der Waals surface area contributed by atoms with E-state index in [1.165, 1.54) is 0 Å². The molecule has 0 aromatic rings. The number of ether oxygens (including phenoxy) is 1. The summed E-state index contributed by atoms with van der Waals surface area (Å²) in [5.74, 6) is -0.871. The smallest absolute Gasteiger partial charge is 0.361 e. The van der Waals surface area contributed by atoms with E-state index in [1.54, 1.807) is 6.92 Å². The molecule has 1 aliphatic heterocycles. The van der Waals surface area contributed by atoms with Crippen molar-refractivity contribution in [3.05, 3.63) is 21.5 Å². The fraction of sp³-hybridized carbons (Fsp3) is 0.556. The molecule has 0 aliphatic carbocycles. The van der Waals surface area contributed by atoms with Gasteiger partial charge in [-0.05, 0) is 19.8 Å². The topological polar surface area (TPSA) is 108 Å². The van der Waals surface area contributed by atoms with Crippen LogP contribution in [0, 0.1) is 10.1 Å². The first kappa shape index (κ1) is 12.2. The van der Waals surface area contributed by atoms with Crippen LogP contribution in [0.2, 0.25) is 0 Å². The Bertz CT molecular complexity index is 373. The molecular weight excluding hydrogens is 214 g/mol. The Morgan fingerprint density at radius 1 is 1.69 bits per heavy atom. The van der Waals surface area contributed by atoms with Crippen molar-refractivity contribution >= 4 is 11.7 Å². The monoisotopic (exact) mass is 227 g/mol. The molecule has 0 atom stereocenters. The van der Waals surface area contributed by atoms with Gasteiger partial charge in [0.2, 0.25) is 0 Å². The number of nitrogens with two attached hydrogens (primary N) is 1. The van der Waals surface area contributed by atoms with Crippen LogP contribution in [0.1, 0.15) is 19.8 Å². The molecule has 1 rings (SSSR count). The lowest BCUT2D eigenvalue weighted by Gasteiger charge is -2.03. The number of allylic oxidation sites excluding steroid dienone is 1. The molecule has 0 fully saturated rings. The van der Waals surface area contributed by atoms with E-state index in [0.717, 1.165) is 6.42 Å². The minimum Gasteiger partial charge on any atom is -0.461 e. The zero-order valence-electron chi connectivity index (χ0n) is 8.93. The van der Waals surface area contributed by atoms with Crippen molar-refractivity contribution in [2.45, 2.75) is 19.8 Å². The molecule has 1 aliphatic rings. The Labute approximate surface area is 92.1 Å². The minimum atomic E-state index is -0.871. The van der Waals surface area contributed by atoms with Gasteiger partial charge in [0, 0.05) is 6.54 Å². The quantitative estimate of drug-likeness (QED) is 0.320. The largest absolute Gasteiger partial charge is 0.461 e. The molecule has 0 spiro atoms. The molecule has 0 bridgehead atoms. The van der Waals surface area contributed by atoms with Crippen LogP contribution in [0.25, 0.3) is 0 Å². The summed E-state index contributed by atoms with van der Waals surface area (Å²) in [4.78, 5) is 25.4. The molecule has 7 heteroatoms. The number of hydrogen-bond donors (Lipinski definition) is 1. The second-order valence-corrected chi connectivity index (χ2v) is 3.17. The Balaban J connectivity index is 3.03. The van der Waals surface area contributed by atoms with Crippen LogP contribution in [-0.2, 0) is 9.53 Å². The van der Waals surface area contributed by atoms with Gasteiger partial charge in [-0.15, -0.1) is 0 Å². The van der Waals surface area contributed by atoms with E-state index in [2.05, 4.69) is 9.73 Å². The van der Waals surface area contributed by atoms with Crippen LogP contribution in [0.15, 0.2) is 16.4 Å². The molecule has 2 N–H and O–H groups in total. The molecule has 0 aromatic carbocycles. The van der Waals surface area contributed by atoms with E-state index in [0.29, 0.717) is 13.0 Å². The number of nitro groups is 1. The predicted molar refractivity (Wildman–Crippen MR) is 56.4 cm³/mol. The molecule has 0 saturated heterocycles.